The van der Waals surface area contributed by atoms with Crippen LogP contribution >= 0.6 is 0 Å². The van der Waals surface area contributed by atoms with Gasteiger partial charge in [0.1, 0.15) is 0 Å². The predicted molar refractivity (Wildman–Crippen MR) is 70.7 cm³/mol. The third kappa shape index (κ3) is 10.3. The van der Waals surface area contributed by atoms with E-state index in [9.17, 15) is 4.79 Å². The Morgan fingerprint density at radius 1 is 1.06 bits per heavy atom. The molecule has 0 heterocycles. The zero-order valence-corrected chi connectivity index (χ0v) is 11.2. The van der Waals surface area contributed by atoms with E-state index in [0.29, 0.717) is 6.42 Å². The largest absolute Gasteiger partial charge is 0.396 e. The number of rotatable bonds is 11. The second-order valence-corrected chi connectivity index (χ2v) is 4.55. The van der Waals surface area contributed by atoms with Gasteiger partial charge in [-0.05, 0) is 38.6 Å². The van der Waals surface area contributed by atoms with Gasteiger partial charge in [-0.15, -0.1) is 0 Å². The molecular formula is C13H28N2O2. The van der Waals surface area contributed by atoms with Gasteiger partial charge >= 0.3 is 0 Å². The lowest BCUT2D eigenvalue weighted by molar-refractivity contribution is -0.130. The summed E-state index contributed by atoms with van der Waals surface area (Å²) in [5, 5.41) is 8.64. The summed E-state index contributed by atoms with van der Waals surface area (Å²) in [7, 11) is 1.86. The molecule has 0 spiro atoms. The Kier molecular flexibility index (Phi) is 11.4. The molecule has 0 bridgehead atoms. The van der Waals surface area contributed by atoms with Crippen molar-refractivity contribution in [1.82, 2.24) is 4.90 Å². The molecule has 0 unspecified atom stereocenters. The first-order chi connectivity index (χ1) is 8.22. The molecule has 4 heteroatoms. The average Bonchev–Trinajstić information content (AvgIpc) is 2.34. The van der Waals surface area contributed by atoms with E-state index in [0.717, 1.165) is 58.0 Å². The summed E-state index contributed by atoms with van der Waals surface area (Å²) < 4.78 is 0. The highest BCUT2D eigenvalue weighted by Gasteiger charge is 2.07. The molecule has 0 aromatic heterocycles. The van der Waals surface area contributed by atoms with E-state index in [4.69, 9.17) is 10.8 Å². The quantitative estimate of drug-likeness (QED) is 0.541. The first-order valence-electron chi connectivity index (χ1n) is 6.77. The van der Waals surface area contributed by atoms with Crippen LogP contribution in [0.3, 0.4) is 0 Å². The van der Waals surface area contributed by atoms with E-state index in [-0.39, 0.29) is 12.5 Å². The standard InChI is InChI=1S/C13H28N2O2/c1-15(11-7-4-8-12-16)13(17)9-5-2-3-6-10-14/h16H,2-12,14H2,1H3. The second-order valence-electron chi connectivity index (χ2n) is 4.55. The maximum atomic E-state index is 11.7. The van der Waals surface area contributed by atoms with Gasteiger partial charge in [0.2, 0.25) is 5.91 Å². The van der Waals surface area contributed by atoms with Crippen molar-refractivity contribution in [3.8, 4) is 0 Å². The minimum Gasteiger partial charge on any atom is -0.396 e. The van der Waals surface area contributed by atoms with Gasteiger partial charge in [-0.25, -0.2) is 0 Å². The lowest BCUT2D eigenvalue weighted by Crippen LogP contribution is -2.27. The summed E-state index contributed by atoms with van der Waals surface area (Å²) in [4.78, 5) is 13.5. The normalized spacial score (nSPS) is 10.5. The smallest absolute Gasteiger partial charge is 0.222 e. The number of aliphatic hydroxyl groups excluding tert-OH is 1. The van der Waals surface area contributed by atoms with Gasteiger partial charge in [0.05, 0.1) is 0 Å². The molecular weight excluding hydrogens is 216 g/mol. The van der Waals surface area contributed by atoms with Crippen molar-refractivity contribution < 1.29 is 9.90 Å². The van der Waals surface area contributed by atoms with E-state index in [1.807, 2.05) is 7.05 Å². The molecule has 4 nitrogen and oxygen atoms in total. The van der Waals surface area contributed by atoms with Crippen molar-refractivity contribution >= 4 is 5.91 Å². The molecule has 102 valence electrons. The molecule has 0 aromatic carbocycles. The number of amides is 1. The Balaban J connectivity index is 3.40. The molecule has 0 saturated heterocycles. The maximum Gasteiger partial charge on any atom is 0.222 e. The van der Waals surface area contributed by atoms with Gasteiger partial charge < -0.3 is 15.7 Å². The molecule has 0 saturated carbocycles. The van der Waals surface area contributed by atoms with E-state index >= 15 is 0 Å². The Morgan fingerprint density at radius 3 is 2.35 bits per heavy atom. The van der Waals surface area contributed by atoms with Crippen molar-refractivity contribution in [2.75, 3.05) is 26.7 Å². The van der Waals surface area contributed by atoms with Gasteiger partial charge in [0, 0.05) is 26.6 Å². The molecule has 0 atom stereocenters. The Labute approximate surface area is 105 Å². The highest BCUT2D eigenvalue weighted by atomic mass is 16.2. The Bertz CT molecular complexity index is 186. The van der Waals surface area contributed by atoms with Gasteiger partial charge in [0.15, 0.2) is 0 Å². The number of nitrogens with two attached hydrogens (primary N) is 1. The van der Waals surface area contributed by atoms with Crippen LogP contribution in [0, 0.1) is 0 Å². The maximum absolute atomic E-state index is 11.7. The first kappa shape index (κ1) is 16.4. The minimum absolute atomic E-state index is 0.238. The zero-order chi connectivity index (χ0) is 12.9. The number of hydrogen-bond donors (Lipinski definition) is 2. The van der Waals surface area contributed by atoms with Crippen LogP contribution in [0.2, 0.25) is 0 Å². The average molecular weight is 244 g/mol. The number of carbonyl (C=O) groups is 1. The summed E-state index contributed by atoms with van der Waals surface area (Å²) in [6.45, 7) is 1.80. The SMILES string of the molecule is CN(CCCCCO)C(=O)CCCCCCN. The van der Waals surface area contributed by atoms with Crippen LogP contribution < -0.4 is 5.73 Å². The summed E-state index contributed by atoms with van der Waals surface area (Å²) in [5.74, 6) is 0.238. The lowest BCUT2D eigenvalue weighted by Gasteiger charge is -2.16. The summed E-state index contributed by atoms with van der Waals surface area (Å²) in [6, 6.07) is 0. The third-order valence-corrected chi connectivity index (χ3v) is 2.92. The van der Waals surface area contributed by atoms with Crippen LogP contribution in [0.1, 0.15) is 51.4 Å². The van der Waals surface area contributed by atoms with Crippen LogP contribution in [0.5, 0.6) is 0 Å². The minimum atomic E-state index is 0.238. The predicted octanol–water partition coefficient (Wildman–Crippen LogP) is 1.52. The first-order valence-corrected chi connectivity index (χ1v) is 6.77. The van der Waals surface area contributed by atoms with Gasteiger partial charge in [-0.2, -0.15) is 0 Å². The number of nitrogens with zero attached hydrogens (tertiary/aromatic N) is 1. The van der Waals surface area contributed by atoms with E-state index in [1.165, 1.54) is 0 Å². The van der Waals surface area contributed by atoms with Crippen LogP contribution in [0.25, 0.3) is 0 Å². The summed E-state index contributed by atoms with van der Waals surface area (Å²) >= 11 is 0. The van der Waals surface area contributed by atoms with Crippen LogP contribution in [-0.2, 0) is 4.79 Å². The van der Waals surface area contributed by atoms with Crippen LogP contribution in [-0.4, -0.2) is 42.7 Å². The number of unbranched alkanes of at least 4 members (excludes halogenated alkanes) is 5. The lowest BCUT2D eigenvalue weighted by atomic mass is 10.1. The van der Waals surface area contributed by atoms with Crippen molar-refractivity contribution in [2.24, 2.45) is 5.73 Å². The molecule has 17 heavy (non-hydrogen) atoms. The molecule has 1 amide bonds. The molecule has 0 rings (SSSR count). The fraction of sp³-hybridized carbons (Fsp3) is 0.923. The zero-order valence-electron chi connectivity index (χ0n) is 11.2. The molecule has 0 aliphatic heterocycles. The topological polar surface area (TPSA) is 66.6 Å². The van der Waals surface area contributed by atoms with Gasteiger partial charge in [-0.1, -0.05) is 12.8 Å². The van der Waals surface area contributed by atoms with Crippen LogP contribution in [0.4, 0.5) is 0 Å². The van der Waals surface area contributed by atoms with Crippen molar-refractivity contribution in [3.63, 3.8) is 0 Å². The fourth-order valence-electron chi connectivity index (χ4n) is 1.73. The molecule has 3 N–H and O–H groups in total. The van der Waals surface area contributed by atoms with Gasteiger partial charge in [0.25, 0.3) is 0 Å². The van der Waals surface area contributed by atoms with Gasteiger partial charge in [-0.3, -0.25) is 4.79 Å². The monoisotopic (exact) mass is 244 g/mol. The van der Waals surface area contributed by atoms with Crippen molar-refractivity contribution in [1.29, 1.82) is 0 Å². The van der Waals surface area contributed by atoms with Crippen molar-refractivity contribution in [3.05, 3.63) is 0 Å². The van der Waals surface area contributed by atoms with E-state index < -0.39 is 0 Å². The number of aliphatic hydroxyl groups is 1. The fourth-order valence-corrected chi connectivity index (χ4v) is 1.73. The molecule has 0 aliphatic carbocycles. The van der Waals surface area contributed by atoms with E-state index in [1.54, 1.807) is 4.90 Å². The van der Waals surface area contributed by atoms with E-state index in [2.05, 4.69) is 0 Å². The number of carbonyl (C=O) groups excluding carboxylic acids is 1. The second kappa shape index (κ2) is 11.9. The third-order valence-electron chi connectivity index (χ3n) is 2.92. The Morgan fingerprint density at radius 2 is 1.71 bits per heavy atom. The summed E-state index contributed by atoms with van der Waals surface area (Å²) in [5.41, 5.74) is 5.41. The van der Waals surface area contributed by atoms with Crippen LogP contribution in [0.15, 0.2) is 0 Å². The molecule has 0 fully saturated rings. The molecule has 0 aromatic rings. The Hall–Kier alpha value is -0.610. The highest BCUT2D eigenvalue weighted by molar-refractivity contribution is 5.75. The highest BCUT2D eigenvalue weighted by Crippen LogP contribution is 2.05. The van der Waals surface area contributed by atoms with Crippen molar-refractivity contribution in [2.45, 2.75) is 51.4 Å². The summed E-state index contributed by atoms with van der Waals surface area (Å²) in [6.07, 6.45) is 7.72. The number of hydrogen-bond acceptors (Lipinski definition) is 3. The molecule has 0 aliphatic rings. The molecule has 0 radical (unpaired) electrons.